The van der Waals surface area contributed by atoms with Gasteiger partial charge in [0.15, 0.2) is 0 Å². The first-order valence-corrected chi connectivity index (χ1v) is 7.68. The summed E-state index contributed by atoms with van der Waals surface area (Å²) in [5, 5.41) is 2.99. The van der Waals surface area contributed by atoms with Crippen molar-refractivity contribution in [3.05, 3.63) is 0 Å². The van der Waals surface area contributed by atoms with Crippen LogP contribution in [0.15, 0.2) is 0 Å². The molecule has 0 bridgehead atoms. The first-order chi connectivity index (χ1) is 9.83. The lowest BCUT2D eigenvalue weighted by Crippen LogP contribution is -2.49. The third-order valence-corrected chi connectivity index (χ3v) is 4.42. The van der Waals surface area contributed by atoms with Gasteiger partial charge in [0.2, 0.25) is 5.91 Å². The zero-order valence-electron chi connectivity index (χ0n) is 12.6. The molecule has 2 unspecified atom stereocenters. The van der Waals surface area contributed by atoms with E-state index in [4.69, 9.17) is 5.73 Å². The van der Waals surface area contributed by atoms with Gasteiger partial charge < -0.3 is 11.1 Å². The standard InChI is InChI=1S/C14H24F3N3O.ClH/c15-14(16,17)9-20-6-4-12(5-7-20)19-13(21)10-2-1-3-11(18)8-10;/h10-12H,1-9,18H2,(H,19,21);1H. The number of halogens is 4. The Bertz CT molecular complexity index is 360. The first kappa shape index (κ1) is 19.5. The molecule has 0 aromatic heterocycles. The van der Waals surface area contributed by atoms with Crippen LogP contribution in [0, 0.1) is 5.92 Å². The molecule has 1 amide bonds. The summed E-state index contributed by atoms with van der Waals surface area (Å²) in [7, 11) is 0. The summed E-state index contributed by atoms with van der Waals surface area (Å²) in [6, 6.07) is 0.100. The SMILES string of the molecule is Cl.NC1CCCC(C(=O)NC2CCN(CC(F)(F)F)CC2)C1. The van der Waals surface area contributed by atoms with Crippen LogP contribution in [0.3, 0.4) is 0 Å². The molecule has 3 N–H and O–H groups in total. The summed E-state index contributed by atoms with van der Waals surface area (Å²) in [5.74, 6) is 0.00127. The van der Waals surface area contributed by atoms with Gasteiger partial charge >= 0.3 is 6.18 Å². The zero-order valence-corrected chi connectivity index (χ0v) is 13.4. The molecule has 2 atom stereocenters. The van der Waals surface area contributed by atoms with Crippen molar-refractivity contribution in [2.45, 2.75) is 56.8 Å². The lowest BCUT2D eigenvalue weighted by molar-refractivity contribution is -0.148. The van der Waals surface area contributed by atoms with E-state index in [1.807, 2.05) is 0 Å². The highest BCUT2D eigenvalue weighted by Gasteiger charge is 2.33. The van der Waals surface area contributed by atoms with Crippen molar-refractivity contribution < 1.29 is 18.0 Å². The Morgan fingerprint density at radius 3 is 2.36 bits per heavy atom. The maximum absolute atomic E-state index is 12.3. The summed E-state index contributed by atoms with van der Waals surface area (Å²) in [5.41, 5.74) is 5.88. The minimum atomic E-state index is -4.14. The van der Waals surface area contributed by atoms with Crippen molar-refractivity contribution in [3.63, 3.8) is 0 Å². The quantitative estimate of drug-likeness (QED) is 0.824. The molecule has 1 aliphatic heterocycles. The number of amides is 1. The molecule has 2 fully saturated rings. The van der Waals surface area contributed by atoms with E-state index in [-0.39, 0.29) is 36.3 Å². The van der Waals surface area contributed by atoms with Gasteiger partial charge in [-0.3, -0.25) is 9.69 Å². The average Bonchev–Trinajstić information content (AvgIpc) is 2.39. The van der Waals surface area contributed by atoms with Gasteiger partial charge in [-0.15, -0.1) is 12.4 Å². The monoisotopic (exact) mass is 343 g/mol. The van der Waals surface area contributed by atoms with Crippen LogP contribution >= 0.6 is 12.4 Å². The Balaban J connectivity index is 0.00000242. The number of nitrogens with zero attached hydrogens (tertiary/aromatic N) is 1. The fraction of sp³-hybridized carbons (Fsp3) is 0.929. The Labute approximate surface area is 135 Å². The molecule has 8 heteroatoms. The molecule has 0 radical (unpaired) electrons. The molecule has 1 saturated carbocycles. The van der Waals surface area contributed by atoms with Crippen LogP contribution in [0.1, 0.15) is 38.5 Å². The Morgan fingerprint density at radius 2 is 1.82 bits per heavy atom. The fourth-order valence-corrected chi connectivity index (χ4v) is 3.27. The molecule has 2 aliphatic rings. The molecule has 1 saturated heterocycles. The van der Waals surface area contributed by atoms with E-state index in [1.54, 1.807) is 0 Å². The Morgan fingerprint density at radius 1 is 1.18 bits per heavy atom. The van der Waals surface area contributed by atoms with E-state index in [1.165, 1.54) is 4.90 Å². The summed E-state index contributed by atoms with van der Waals surface area (Å²) in [4.78, 5) is 13.6. The van der Waals surface area contributed by atoms with Crippen LogP contribution in [0.2, 0.25) is 0 Å². The van der Waals surface area contributed by atoms with E-state index < -0.39 is 12.7 Å². The summed E-state index contributed by atoms with van der Waals surface area (Å²) < 4.78 is 36.9. The maximum atomic E-state index is 12.3. The fourth-order valence-electron chi connectivity index (χ4n) is 3.27. The van der Waals surface area contributed by atoms with Crippen LogP contribution in [-0.4, -0.2) is 48.7 Å². The highest BCUT2D eigenvalue weighted by Crippen LogP contribution is 2.24. The van der Waals surface area contributed by atoms with Crippen molar-refractivity contribution in [2.75, 3.05) is 19.6 Å². The molecular formula is C14H25ClF3N3O. The minimum absolute atomic E-state index is 0. The van der Waals surface area contributed by atoms with Gasteiger partial charge in [0.25, 0.3) is 0 Å². The number of alkyl halides is 3. The van der Waals surface area contributed by atoms with Crippen LogP contribution < -0.4 is 11.1 Å². The van der Waals surface area contributed by atoms with Gasteiger partial charge in [0.1, 0.15) is 0 Å². The number of carbonyl (C=O) groups is 1. The zero-order chi connectivity index (χ0) is 15.5. The molecule has 0 spiro atoms. The third-order valence-electron chi connectivity index (χ3n) is 4.42. The van der Waals surface area contributed by atoms with Crippen LogP contribution in [-0.2, 0) is 4.79 Å². The van der Waals surface area contributed by atoms with Gasteiger partial charge in [-0.1, -0.05) is 6.42 Å². The molecule has 4 nitrogen and oxygen atoms in total. The molecule has 22 heavy (non-hydrogen) atoms. The van der Waals surface area contributed by atoms with Crippen molar-refractivity contribution >= 4 is 18.3 Å². The van der Waals surface area contributed by atoms with Crippen LogP contribution in [0.25, 0.3) is 0 Å². The van der Waals surface area contributed by atoms with E-state index in [2.05, 4.69) is 5.32 Å². The van der Waals surface area contributed by atoms with E-state index >= 15 is 0 Å². The normalized spacial score (nSPS) is 28.0. The predicted molar refractivity (Wildman–Crippen MR) is 80.8 cm³/mol. The number of nitrogens with two attached hydrogens (primary N) is 1. The van der Waals surface area contributed by atoms with Crippen molar-refractivity contribution in [1.29, 1.82) is 0 Å². The molecule has 1 heterocycles. The van der Waals surface area contributed by atoms with E-state index in [0.717, 1.165) is 25.7 Å². The van der Waals surface area contributed by atoms with E-state index in [0.29, 0.717) is 25.9 Å². The van der Waals surface area contributed by atoms with Gasteiger partial charge in [-0.25, -0.2) is 0 Å². The molecule has 0 aromatic rings. The highest BCUT2D eigenvalue weighted by molar-refractivity contribution is 5.85. The topological polar surface area (TPSA) is 58.4 Å². The summed E-state index contributed by atoms with van der Waals surface area (Å²) in [6.07, 6.45) is 0.559. The second kappa shape index (κ2) is 8.36. The van der Waals surface area contributed by atoms with Crippen LogP contribution in [0.5, 0.6) is 0 Å². The summed E-state index contributed by atoms with van der Waals surface area (Å²) >= 11 is 0. The maximum Gasteiger partial charge on any atom is 0.401 e. The number of nitrogens with one attached hydrogen (secondary N) is 1. The number of hydrogen-bond acceptors (Lipinski definition) is 3. The minimum Gasteiger partial charge on any atom is -0.353 e. The number of piperidine rings is 1. The molecular weight excluding hydrogens is 319 g/mol. The lowest BCUT2D eigenvalue weighted by Gasteiger charge is -2.34. The van der Waals surface area contributed by atoms with Gasteiger partial charge in [-0.2, -0.15) is 13.2 Å². The Hall–Kier alpha value is -0.530. The Kier molecular flexibility index (Phi) is 7.41. The highest BCUT2D eigenvalue weighted by atomic mass is 35.5. The summed E-state index contributed by atoms with van der Waals surface area (Å²) in [6.45, 7) is -0.0889. The molecule has 1 aliphatic carbocycles. The number of rotatable bonds is 3. The first-order valence-electron chi connectivity index (χ1n) is 7.68. The molecule has 130 valence electrons. The average molecular weight is 344 g/mol. The van der Waals surface area contributed by atoms with Crippen LogP contribution in [0.4, 0.5) is 13.2 Å². The number of likely N-dealkylation sites (tertiary alicyclic amines) is 1. The van der Waals surface area contributed by atoms with Gasteiger partial charge in [0, 0.05) is 31.1 Å². The smallest absolute Gasteiger partial charge is 0.353 e. The van der Waals surface area contributed by atoms with Gasteiger partial charge in [-0.05, 0) is 32.1 Å². The van der Waals surface area contributed by atoms with Gasteiger partial charge in [0.05, 0.1) is 6.54 Å². The van der Waals surface area contributed by atoms with Crippen molar-refractivity contribution in [2.24, 2.45) is 11.7 Å². The largest absolute Gasteiger partial charge is 0.401 e. The van der Waals surface area contributed by atoms with E-state index in [9.17, 15) is 18.0 Å². The van der Waals surface area contributed by atoms with Crippen molar-refractivity contribution in [1.82, 2.24) is 10.2 Å². The molecule has 2 rings (SSSR count). The third kappa shape index (κ3) is 6.30. The predicted octanol–water partition coefficient (Wildman–Crippen LogP) is 2.07. The second-order valence-corrected chi connectivity index (χ2v) is 6.30. The lowest BCUT2D eigenvalue weighted by atomic mass is 9.85. The number of hydrogen-bond donors (Lipinski definition) is 2. The second-order valence-electron chi connectivity index (χ2n) is 6.30. The molecule has 0 aromatic carbocycles. The van der Waals surface area contributed by atoms with Crippen molar-refractivity contribution in [3.8, 4) is 0 Å². The number of carbonyl (C=O) groups excluding carboxylic acids is 1.